The third-order valence-corrected chi connectivity index (χ3v) is 9.30. The maximum Gasteiger partial charge on any atom is 0.311 e. The smallest absolute Gasteiger partial charge is 0.311 e. The highest BCUT2D eigenvalue weighted by molar-refractivity contribution is 7.99. The van der Waals surface area contributed by atoms with Crippen LogP contribution in [0.1, 0.15) is 31.9 Å². The van der Waals surface area contributed by atoms with Gasteiger partial charge in [-0.3, -0.25) is 9.59 Å². The summed E-state index contributed by atoms with van der Waals surface area (Å²) in [5.41, 5.74) is 6.34. The second-order valence-corrected chi connectivity index (χ2v) is 12.0. The molecule has 1 fully saturated rings. The van der Waals surface area contributed by atoms with Crippen molar-refractivity contribution in [1.29, 1.82) is 0 Å². The molecule has 4 heterocycles. The van der Waals surface area contributed by atoms with E-state index in [1.165, 1.54) is 5.39 Å². The van der Waals surface area contributed by atoms with Gasteiger partial charge in [0.1, 0.15) is 10.8 Å². The number of likely N-dealkylation sites (N-methyl/N-ethyl adjacent to an activating group) is 1. The number of H-pyrrole nitrogens is 2. The van der Waals surface area contributed by atoms with Crippen LogP contribution in [0, 0.1) is 6.92 Å². The number of nitrogens with zero attached hydrogens (tertiary/aromatic N) is 1. The summed E-state index contributed by atoms with van der Waals surface area (Å²) >= 11 is 3.50. The molecule has 2 aromatic carbocycles. The van der Waals surface area contributed by atoms with Gasteiger partial charge in [-0.05, 0) is 38.6 Å². The molecule has 10 heteroatoms. The minimum Gasteiger partial charge on any atom is -0.426 e. The van der Waals surface area contributed by atoms with Crippen LogP contribution >= 0.6 is 23.1 Å². The number of thiazole rings is 1. The SMILES string of the molecule is CCCCC(=O)Oc1ccc2c(-c3nc(-c4c(C)[nH]c5ccccc45)cs3)c[nH]c2c1.CNC1CSCC1NC=O. The Morgan fingerprint density at radius 2 is 1.98 bits per heavy atom. The van der Waals surface area contributed by atoms with Gasteiger partial charge in [0.05, 0.1) is 11.7 Å². The van der Waals surface area contributed by atoms with Crippen LogP contribution in [0.25, 0.3) is 43.6 Å². The summed E-state index contributed by atoms with van der Waals surface area (Å²) in [6.07, 6.45) is 5.01. The summed E-state index contributed by atoms with van der Waals surface area (Å²) in [5, 5.41) is 11.3. The van der Waals surface area contributed by atoms with Crippen LogP contribution in [0.4, 0.5) is 0 Å². The number of para-hydroxylation sites is 1. The molecule has 2 atom stereocenters. The standard InChI is InChI=1S/C25H23N3O2S.C6H12N2OS/c1-3-4-9-23(29)30-16-10-11-17-19(13-26-21(17)12-16)25-28-22(14-31-25)24-15(2)27-20-8-6-5-7-18(20)24;1-7-5-2-10-3-6(5)8-4-9/h5-8,10-14,26-27H,3-4,9H2,1-2H3;4-7H,2-3H2,1H3,(H,8,9). The van der Waals surface area contributed by atoms with Crippen LogP contribution in [0.2, 0.25) is 0 Å². The van der Waals surface area contributed by atoms with Gasteiger partial charge in [0.2, 0.25) is 6.41 Å². The zero-order valence-electron chi connectivity index (χ0n) is 23.5. The summed E-state index contributed by atoms with van der Waals surface area (Å²) in [4.78, 5) is 33.7. The van der Waals surface area contributed by atoms with Gasteiger partial charge in [0.25, 0.3) is 0 Å². The molecule has 0 bridgehead atoms. The van der Waals surface area contributed by atoms with E-state index in [1.54, 1.807) is 11.3 Å². The molecule has 0 radical (unpaired) electrons. The van der Waals surface area contributed by atoms with E-state index in [1.807, 2.05) is 49.3 Å². The fourth-order valence-corrected chi connectivity index (χ4v) is 7.27. The second-order valence-electron chi connectivity index (χ2n) is 10.0. The number of carbonyl (C=O) groups is 2. The number of ether oxygens (including phenoxy) is 1. The molecule has 8 nitrogen and oxygen atoms in total. The van der Waals surface area contributed by atoms with Crippen LogP contribution in [0.15, 0.2) is 54.0 Å². The number of carbonyl (C=O) groups excluding carboxylic acids is 2. The van der Waals surface area contributed by atoms with Crippen molar-refractivity contribution in [3.8, 4) is 27.6 Å². The number of hydrogen-bond acceptors (Lipinski definition) is 7. The fraction of sp³-hybridized carbons (Fsp3) is 0.323. The second kappa shape index (κ2) is 13.4. The van der Waals surface area contributed by atoms with Crippen LogP contribution in [0.3, 0.4) is 0 Å². The molecule has 1 amide bonds. The van der Waals surface area contributed by atoms with Crippen LogP contribution < -0.4 is 15.4 Å². The predicted octanol–water partition coefficient (Wildman–Crippen LogP) is 6.28. The molecule has 1 aliphatic rings. The summed E-state index contributed by atoms with van der Waals surface area (Å²) in [6.45, 7) is 4.15. The normalized spacial score (nSPS) is 16.5. The number of rotatable bonds is 9. The van der Waals surface area contributed by atoms with Gasteiger partial charge in [-0.1, -0.05) is 31.5 Å². The third-order valence-electron chi connectivity index (χ3n) is 7.24. The van der Waals surface area contributed by atoms with Crippen molar-refractivity contribution in [2.75, 3.05) is 18.6 Å². The molecular weight excluding hydrogens is 555 g/mol. The number of hydrogen-bond donors (Lipinski definition) is 4. The van der Waals surface area contributed by atoms with Crippen LogP contribution in [0.5, 0.6) is 5.75 Å². The molecular formula is C31H35N5O3S2. The molecule has 1 aliphatic heterocycles. The highest BCUT2D eigenvalue weighted by Gasteiger charge is 2.25. The summed E-state index contributed by atoms with van der Waals surface area (Å²) < 4.78 is 5.47. The molecule has 6 rings (SSSR count). The highest BCUT2D eigenvalue weighted by Crippen LogP contribution is 2.38. The molecule has 5 aromatic rings. The van der Waals surface area contributed by atoms with E-state index >= 15 is 0 Å². The first kappa shape index (κ1) is 28.9. The molecule has 2 unspecified atom stereocenters. The molecule has 0 spiro atoms. The Morgan fingerprint density at radius 1 is 1.15 bits per heavy atom. The number of benzene rings is 2. The van der Waals surface area contributed by atoms with E-state index in [4.69, 9.17) is 9.72 Å². The van der Waals surface area contributed by atoms with Gasteiger partial charge in [0.15, 0.2) is 0 Å². The largest absolute Gasteiger partial charge is 0.426 e. The van der Waals surface area contributed by atoms with E-state index in [0.717, 1.165) is 74.7 Å². The van der Waals surface area contributed by atoms with Gasteiger partial charge >= 0.3 is 5.97 Å². The Hall–Kier alpha value is -3.60. The molecule has 0 saturated carbocycles. The van der Waals surface area contributed by atoms with Crippen molar-refractivity contribution < 1.29 is 14.3 Å². The fourth-order valence-electron chi connectivity index (χ4n) is 5.06. The number of amides is 1. The molecule has 3 aromatic heterocycles. The van der Waals surface area contributed by atoms with Crippen molar-refractivity contribution >= 4 is 57.3 Å². The molecule has 41 heavy (non-hydrogen) atoms. The van der Waals surface area contributed by atoms with E-state index in [-0.39, 0.29) is 5.97 Å². The molecule has 214 valence electrons. The number of aromatic amines is 2. The number of aryl methyl sites for hydroxylation is 1. The quantitative estimate of drug-likeness (QED) is 0.0915. The van der Waals surface area contributed by atoms with Crippen molar-refractivity contribution in [2.45, 2.75) is 45.2 Å². The molecule has 4 N–H and O–H groups in total. The molecule has 1 saturated heterocycles. The van der Waals surface area contributed by atoms with Gasteiger partial charge in [0, 0.05) is 80.2 Å². The Labute approximate surface area is 247 Å². The minimum absolute atomic E-state index is 0.188. The van der Waals surface area contributed by atoms with E-state index < -0.39 is 0 Å². The number of aromatic nitrogens is 3. The average Bonchev–Trinajstić information content (AvgIpc) is 3.77. The highest BCUT2D eigenvalue weighted by atomic mass is 32.2. The Bertz CT molecular complexity index is 1640. The topological polar surface area (TPSA) is 112 Å². The van der Waals surface area contributed by atoms with Crippen molar-refractivity contribution in [3.05, 3.63) is 59.7 Å². The lowest BCUT2D eigenvalue weighted by Gasteiger charge is -2.16. The van der Waals surface area contributed by atoms with Gasteiger partial charge in [-0.2, -0.15) is 11.8 Å². The van der Waals surface area contributed by atoms with Gasteiger partial charge in [-0.25, -0.2) is 4.98 Å². The van der Waals surface area contributed by atoms with Crippen LogP contribution in [-0.2, 0) is 9.59 Å². The zero-order valence-corrected chi connectivity index (χ0v) is 25.1. The Kier molecular flexibility index (Phi) is 9.43. The number of thioether (sulfide) groups is 1. The lowest BCUT2D eigenvalue weighted by atomic mass is 10.1. The summed E-state index contributed by atoms with van der Waals surface area (Å²) in [6, 6.07) is 14.8. The first-order valence-electron chi connectivity index (χ1n) is 13.8. The first-order valence-corrected chi connectivity index (χ1v) is 15.9. The van der Waals surface area contributed by atoms with Crippen LogP contribution in [-0.4, -0.2) is 58.0 Å². The van der Waals surface area contributed by atoms with E-state index in [2.05, 4.69) is 58.0 Å². The summed E-state index contributed by atoms with van der Waals surface area (Å²) in [5.74, 6) is 2.51. The maximum absolute atomic E-state index is 11.9. The monoisotopic (exact) mass is 589 g/mol. The minimum atomic E-state index is -0.188. The molecule has 0 aliphatic carbocycles. The lowest BCUT2D eigenvalue weighted by Crippen LogP contribution is -2.45. The van der Waals surface area contributed by atoms with E-state index in [9.17, 15) is 9.59 Å². The van der Waals surface area contributed by atoms with Crippen molar-refractivity contribution in [1.82, 2.24) is 25.6 Å². The predicted molar refractivity (Wildman–Crippen MR) is 170 cm³/mol. The Balaban J connectivity index is 0.000000287. The number of fused-ring (bicyclic) bond motifs is 2. The number of unbranched alkanes of at least 4 members (excludes halogenated alkanes) is 1. The van der Waals surface area contributed by atoms with Crippen molar-refractivity contribution in [3.63, 3.8) is 0 Å². The van der Waals surface area contributed by atoms with E-state index in [0.29, 0.717) is 24.3 Å². The van der Waals surface area contributed by atoms with Crippen molar-refractivity contribution in [2.24, 2.45) is 0 Å². The zero-order chi connectivity index (χ0) is 28.8. The Morgan fingerprint density at radius 3 is 2.78 bits per heavy atom. The maximum atomic E-state index is 11.9. The summed E-state index contributed by atoms with van der Waals surface area (Å²) in [7, 11) is 1.93. The lowest BCUT2D eigenvalue weighted by molar-refractivity contribution is -0.134. The number of nitrogens with one attached hydrogen (secondary N) is 4. The first-order chi connectivity index (χ1) is 20.0. The number of esters is 1. The third kappa shape index (κ3) is 6.50. The van der Waals surface area contributed by atoms with Gasteiger partial charge in [-0.15, -0.1) is 11.3 Å². The average molecular weight is 590 g/mol. The van der Waals surface area contributed by atoms with Gasteiger partial charge < -0.3 is 25.3 Å².